The van der Waals surface area contributed by atoms with Gasteiger partial charge in [0, 0.05) is 23.1 Å². The maximum Gasteiger partial charge on any atom is 0.261 e. The van der Waals surface area contributed by atoms with Crippen LogP contribution in [0.1, 0.15) is 25.8 Å². The highest BCUT2D eigenvalue weighted by Gasteiger charge is 2.29. The number of benzene rings is 2. The molecule has 0 aliphatic carbocycles. The summed E-state index contributed by atoms with van der Waals surface area (Å²) in [6, 6.07) is 9.65. The fraction of sp³-hybridized carbons (Fsp3) is 0.333. The zero-order valence-corrected chi connectivity index (χ0v) is 17.8. The number of rotatable bonds is 9. The second-order valence-electron chi connectivity index (χ2n) is 6.32. The summed E-state index contributed by atoms with van der Waals surface area (Å²) >= 11 is 12.2. The van der Waals surface area contributed by atoms with E-state index in [0.29, 0.717) is 34.3 Å². The van der Waals surface area contributed by atoms with Crippen LogP contribution in [-0.4, -0.2) is 35.9 Å². The minimum Gasteiger partial charge on any atom is -0.484 e. The summed E-state index contributed by atoms with van der Waals surface area (Å²) in [5, 5.41) is 3.63. The fourth-order valence-corrected chi connectivity index (χ4v) is 3.27. The third kappa shape index (κ3) is 6.61. The van der Waals surface area contributed by atoms with Gasteiger partial charge in [0.2, 0.25) is 5.91 Å². The van der Waals surface area contributed by atoms with Gasteiger partial charge in [-0.1, -0.05) is 36.2 Å². The monoisotopic (exact) mass is 440 g/mol. The minimum absolute atomic E-state index is 0.122. The predicted octanol–water partition coefficient (Wildman–Crippen LogP) is 4.45. The van der Waals surface area contributed by atoms with Crippen LogP contribution in [0.5, 0.6) is 5.75 Å². The molecule has 5 nitrogen and oxygen atoms in total. The molecule has 0 aliphatic rings. The second-order valence-corrected chi connectivity index (χ2v) is 7.16. The Morgan fingerprint density at radius 2 is 1.83 bits per heavy atom. The number of nitrogens with one attached hydrogen (secondary N) is 1. The van der Waals surface area contributed by atoms with Gasteiger partial charge < -0.3 is 15.0 Å². The molecule has 2 aromatic rings. The average Bonchev–Trinajstić information content (AvgIpc) is 2.69. The lowest BCUT2D eigenvalue weighted by molar-refractivity contribution is -0.142. The first-order valence-corrected chi connectivity index (χ1v) is 10.0. The van der Waals surface area contributed by atoms with Crippen LogP contribution in [0.2, 0.25) is 10.0 Å². The lowest BCUT2D eigenvalue weighted by Crippen LogP contribution is -2.50. The van der Waals surface area contributed by atoms with Gasteiger partial charge in [0.15, 0.2) is 6.61 Å². The highest BCUT2D eigenvalue weighted by molar-refractivity contribution is 6.35. The molecule has 0 heterocycles. The van der Waals surface area contributed by atoms with Crippen LogP contribution in [-0.2, 0) is 16.1 Å². The van der Waals surface area contributed by atoms with E-state index < -0.39 is 17.8 Å². The van der Waals surface area contributed by atoms with Crippen molar-refractivity contribution in [2.75, 3.05) is 13.2 Å². The molecule has 0 saturated heterocycles. The van der Waals surface area contributed by atoms with Gasteiger partial charge in [-0.3, -0.25) is 9.59 Å². The maximum absolute atomic E-state index is 13.0. The van der Waals surface area contributed by atoms with Gasteiger partial charge in [0.05, 0.1) is 0 Å². The Balaban J connectivity index is 2.22. The largest absolute Gasteiger partial charge is 0.484 e. The molecule has 2 aromatic carbocycles. The zero-order valence-electron chi connectivity index (χ0n) is 16.3. The molecule has 29 heavy (non-hydrogen) atoms. The summed E-state index contributed by atoms with van der Waals surface area (Å²) in [6.07, 6.45) is 0.416. The highest BCUT2D eigenvalue weighted by Crippen LogP contribution is 2.24. The van der Waals surface area contributed by atoms with Crippen molar-refractivity contribution >= 4 is 35.0 Å². The van der Waals surface area contributed by atoms with Crippen LogP contribution in [0.25, 0.3) is 0 Å². The Bertz CT molecular complexity index is 846. The van der Waals surface area contributed by atoms with E-state index in [2.05, 4.69) is 5.32 Å². The van der Waals surface area contributed by atoms with Crippen molar-refractivity contribution in [3.8, 4) is 5.75 Å². The minimum atomic E-state index is -0.689. The number of halogens is 3. The van der Waals surface area contributed by atoms with E-state index in [1.165, 1.54) is 29.2 Å². The van der Waals surface area contributed by atoms with Gasteiger partial charge in [0.1, 0.15) is 17.6 Å². The van der Waals surface area contributed by atoms with E-state index in [4.69, 9.17) is 27.9 Å². The Morgan fingerprint density at radius 3 is 2.41 bits per heavy atom. The number of carbonyl (C=O) groups is 2. The average molecular weight is 441 g/mol. The molecule has 156 valence electrons. The zero-order chi connectivity index (χ0) is 21.4. The van der Waals surface area contributed by atoms with E-state index in [1.54, 1.807) is 18.2 Å². The number of ether oxygens (including phenoxy) is 1. The lowest BCUT2D eigenvalue weighted by Gasteiger charge is -2.30. The number of amides is 2. The maximum atomic E-state index is 13.0. The van der Waals surface area contributed by atoms with Crippen LogP contribution in [0, 0.1) is 5.82 Å². The van der Waals surface area contributed by atoms with E-state index in [1.807, 2.05) is 13.8 Å². The van der Waals surface area contributed by atoms with Crippen molar-refractivity contribution < 1.29 is 18.7 Å². The molecule has 0 aromatic heterocycles. The molecule has 2 amide bonds. The van der Waals surface area contributed by atoms with E-state index in [9.17, 15) is 14.0 Å². The molecule has 0 spiro atoms. The van der Waals surface area contributed by atoms with Crippen LogP contribution < -0.4 is 10.1 Å². The molecule has 2 rings (SSSR count). The van der Waals surface area contributed by atoms with Crippen LogP contribution in [0.3, 0.4) is 0 Å². The van der Waals surface area contributed by atoms with Crippen molar-refractivity contribution in [1.82, 2.24) is 10.2 Å². The fourth-order valence-electron chi connectivity index (χ4n) is 2.80. The normalized spacial score (nSPS) is 11.6. The lowest BCUT2D eigenvalue weighted by atomic mass is 10.1. The Kier molecular flexibility index (Phi) is 8.73. The van der Waals surface area contributed by atoms with Crippen LogP contribution >= 0.6 is 23.2 Å². The smallest absolute Gasteiger partial charge is 0.261 e. The Labute approximate surface area is 179 Å². The molecule has 0 bridgehead atoms. The quantitative estimate of drug-likeness (QED) is 0.626. The van der Waals surface area contributed by atoms with Crippen LogP contribution in [0.15, 0.2) is 42.5 Å². The molecule has 0 fully saturated rings. The van der Waals surface area contributed by atoms with Gasteiger partial charge in [-0.15, -0.1) is 0 Å². The van der Waals surface area contributed by atoms with Gasteiger partial charge >= 0.3 is 0 Å². The summed E-state index contributed by atoms with van der Waals surface area (Å²) in [5.74, 6) is -0.686. The summed E-state index contributed by atoms with van der Waals surface area (Å²) in [4.78, 5) is 26.9. The first-order valence-electron chi connectivity index (χ1n) is 9.25. The van der Waals surface area contributed by atoms with Crippen molar-refractivity contribution in [1.29, 1.82) is 0 Å². The Hall–Kier alpha value is -2.31. The molecule has 0 radical (unpaired) electrons. The topological polar surface area (TPSA) is 58.6 Å². The SMILES string of the molecule is CCNC(=O)[C@H](CC)N(Cc1ccc(Cl)cc1Cl)C(=O)COc1ccc(F)cc1. The third-order valence-electron chi connectivity index (χ3n) is 4.27. The number of hydrogen-bond donors (Lipinski definition) is 1. The third-order valence-corrected chi connectivity index (χ3v) is 4.86. The molecule has 8 heteroatoms. The Morgan fingerprint density at radius 1 is 1.14 bits per heavy atom. The number of likely N-dealkylation sites (N-methyl/N-ethyl adjacent to an activating group) is 1. The summed E-state index contributed by atoms with van der Waals surface area (Å²) < 4.78 is 18.5. The number of nitrogens with zero attached hydrogens (tertiary/aromatic N) is 1. The molecule has 1 N–H and O–H groups in total. The van der Waals surface area contributed by atoms with E-state index in [-0.39, 0.29) is 19.1 Å². The number of carbonyl (C=O) groups excluding carboxylic acids is 2. The molecular weight excluding hydrogens is 418 g/mol. The second kappa shape index (κ2) is 11.0. The molecule has 0 aliphatic heterocycles. The number of hydrogen-bond acceptors (Lipinski definition) is 3. The summed E-state index contributed by atoms with van der Waals surface area (Å²) in [6.45, 7) is 3.91. The molecular formula is C21H23Cl2FN2O3. The van der Waals surface area contributed by atoms with Gasteiger partial charge in [-0.05, 0) is 55.3 Å². The summed E-state index contributed by atoms with van der Waals surface area (Å²) in [5.41, 5.74) is 0.661. The molecule has 0 saturated carbocycles. The van der Waals surface area contributed by atoms with E-state index >= 15 is 0 Å². The van der Waals surface area contributed by atoms with Crippen molar-refractivity contribution in [3.63, 3.8) is 0 Å². The van der Waals surface area contributed by atoms with Gasteiger partial charge in [-0.25, -0.2) is 4.39 Å². The van der Waals surface area contributed by atoms with E-state index in [0.717, 1.165) is 0 Å². The molecule has 1 atom stereocenters. The highest BCUT2D eigenvalue weighted by atomic mass is 35.5. The van der Waals surface area contributed by atoms with Gasteiger partial charge in [0.25, 0.3) is 5.91 Å². The van der Waals surface area contributed by atoms with Crippen molar-refractivity contribution in [3.05, 3.63) is 63.9 Å². The first-order chi connectivity index (χ1) is 13.8. The van der Waals surface area contributed by atoms with Gasteiger partial charge in [-0.2, -0.15) is 0 Å². The van der Waals surface area contributed by atoms with Crippen molar-refractivity contribution in [2.24, 2.45) is 0 Å². The molecule has 0 unspecified atom stereocenters. The van der Waals surface area contributed by atoms with Crippen molar-refractivity contribution in [2.45, 2.75) is 32.9 Å². The predicted molar refractivity (Wildman–Crippen MR) is 112 cm³/mol. The first kappa shape index (κ1) is 23.0. The standard InChI is InChI=1S/C21H23Cl2FN2O3/c1-3-19(21(28)25-4-2)26(12-14-5-6-15(22)11-18(14)23)20(27)13-29-17-9-7-16(24)8-10-17/h5-11,19H,3-4,12-13H2,1-2H3,(H,25,28)/t19-/m0/s1. The summed E-state index contributed by atoms with van der Waals surface area (Å²) in [7, 11) is 0. The van der Waals surface area contributed by atoms with Crippen LogP contribution in [0.4, 0.5) is 4.39 Å².